The van der Waals surface area contributed by atoms with E-state index in [4.69, 9.17) is 16.6 Å². The van der Waals surface area contributed by atoms with Crippen LogP contribution in [0.5, 0.6) is 0 Å². The molecule has 0 bridgehead atoms. The Morgan fingerprint density at radius 3 is 2.39 bits per heavy atom. The number of hydrogen-bond acceptors (Lipinski definition) is 7. The standard InChI is InChI=1S/C28H32ClFN6OS/c1-2-33-10-12-36(13-11-33)27(37)22-7-5-6-21(18-22)20-38-28-31-25(29)19-26(32-28)35-16-14-34(15-17-35)24-9-4-3-8-23(24)30/h3-9,18-19H,2,10-17,20H2,1H3. The maximum absolute atomic E-state index is 14.2. The molecule has 2 saturated heterocycles. The van der Waals surface area contributed by atoms with Crippen LogP contribution in [0.4, 0.5) is 15.9 Å². The molecule has 0 saturated carbocycles. The first-order chi connectivity index (χ1) is 18.5. The Kier molecular flexibility index (Phi) is 8.66. The van der Waals surface area contributed by atoms with Gasteiger partial charge < -0.3 is 19.6 Å². The van der Waals surface area contributed by atoms with Crippen LogP contribution in [0, 0.1) is 5.82 Å². The molecule has 200 valence electrons. The van der Waals surface area contributed by atoms with Crippen LogP contribution in [-0.2, 0) is 5.75 Å². The maximum atomic E-state index is 14.2. The molecule has 0 aliphatic carbocycles. The van der Waals surface area contributed by atoms with Gasteiger partial charge in [0.15, 0.2) is 5.16 Å². The first-order valence-electron chi connectivity index (χ1n) is 13.0. The van der Waals surface area contributed by atoms with Crippen LogP contribution in [0.1, 0.15) is 22.8 Å². The van der Waals surface area contributed by atoms with E-state index in [-0.39, 0.29) is 11.7 Å². The smallest absolute Gasteiger partial charge is 0.253 e. The third-order valence-electron chi connectivity index (χ3n) is 7.11. The molecule has 3 heterocycles. The Balaban J connectivity index is 1.19. The lowest BCUT2D eigenvalue weighted by molar-refractivity contribution is 0.0643. The fourth-order valence-corrected chi connectivity index (χ4v) is 5.91. The molecule has 3 aromatic rings. The molecule has 38 heavy (non-hydrogen) atoms. The number of thioether (sulfide) groups is 1. The largest absolute Gasteiger partial charge is 0.366 e. The first-order valence-corrected chi connectivity index (χ1v) is 14.4. The monoisotopic (exact) mass is 554 g/mol. The number of para-hydroxylation sites is 1. The van der Waals surface area contributed by atoms with Gasteiger partial charge in [-0.05, 0) is 36.4 Å². The van der Waals surface area contributed by atoms with E-state index in [1.165, 1.54) is 17.8 Å². The van der Waals surface area contributed by atoms with Gasteiger partial charge in [0.05, 0.1) is 5.69 Å². The molecule has 0 atom stereocenters. The number of likely N-dealkylation sites (N-methyl/N-ethyl adjacent to an activating group) is 1. The number of hydrogen-bond donors (Lipinski definition) is 0. The summed E-state index contributed by atoms with van der Waals surface area (Å²) >= 11 is 7.86. The van der Waals surface area contributed by atoms with Gasteiger partial charge in [0, 0.05) is 69.7 Å². The number of benzene rings is 2. The molecule has 1 amide bonds. The van der Waals surface area contributed by atoms with Crippen molar-refractivity contribution in [1.82, 2.24) is 19.8 Å². The SMILES string of the molecule is CCN1CCN(C(=O)c2cccc(CSc3nc(Cl)cc(N4CCN(c5ccccc5F)CC4)n3)c2)CC1. The Morgan fingerprint density at radius 1 is 0.921 bits per heavy atom. The summed E-state index contributed by atoms with van der Waals surface area (Å²) < 4.78 is 14.2. The summed E-state index contributed by atoms with van der Waals surface area (Å²) in [6.07, 6.45) is 0. The predicted molar refractivity (Wildman–Crippen MR) is 152 cm³/mol. The second-order valence-electron chi connectivity index (χ2n) is 9.47. The summed E-state index contributed by atoms with van der Waals surface area (Å²) in [4.78, 5) is 30.7. The van der Waals surface area contributed by atoms with Crippen LogP contribution in [0.3, 0.4) is 0 Å². The summed E-state index contributed by atoms with van der Waals surface area (Å²) in [6.45, 7) is 9.35. The third kappa shape index (κ3) is 6.39. The summed E-state index contributed by atoms with van der Waals surface area (Å²) in [6, 6.07) is 16.5. The molecule has 2 aromatic carbocycles. The van der Waals surface area contributed by atoms with E-state index < -0.39 is 0 Å². The number of anilines is 2. The fourth-order valence-electron chi connectivity index (χ4n) is 4.89. The van der Waals surface area contributed by atoms with E-state index >= 15 is 0 Å². The van der Waals surface area contributed by atoms with Gasteiger partial charge in [-0.15, -0.1) is 0 Å². The minimum absolute atomic E-state index is 0.0865. The van der Waals surface area contributed by atoms with Crippen molar-refractivity contribution in [2.45, 2.75) is 17.8 Å². The quantitative estimate of drug-likeness (QED) is 0.239. The van der Waals surface area contributed by atoms with Crippen molar-refractivity contribution in [2.75, 3.05) is 68.7 Å². The van der Waals surface area contributed by atoms with Gasteiger partial charge in [0.1, 0.15) is 16.8 Å². The van der Waals surface area contributed by atoms with Gasteiger partial charge in [-0.3, -0.25) is 4.79 Å². The van der Waals surface area contributed by atoms with Crippen molar-refractivity contribution in [3.63, 3.8) is 0 Å². The van der Waals surface area contributed by atoms with Gasteiger partial charge >= 0.3 is 0 Å². The molecule has 10 heteroatoms. The van der Waals surface area contributed by atoms with Crippen molar-refractivity contribution in [3.8, 4) is 0 Å². The van der Waals surface area contributed by atoms with Crippen LogP contribution in [0.25, 0.3) is 0 Å². The predicted octanol–water partition coefficient (Wildman–Crippen LogP) is 4.67. The topological polar surface area (TPSA) is 55.8 Å². The number of piperazine rings is 2. The number of halogens is 2. The van der Waals surface area contributed by atoms with Gasteiger partial charge in [-0.25, -0.2) is 14.4 Å². The third-order valence-corrected chi connectivity index (χ3v) is 8.22. The number of aromatic nitrogens is 2. The van der Waals surface area contributed by atoms with Crippen molar-refractivity contribution in [2.24, 2.45) is 0 Å². The second kappa shape index (κ2) is 12.3. The molecule has 5 rings (SSSR count). The van der Waals surface area contributed by atoms with E-state index in [0.29, 0.717) is 53.5 Å². The molecule has 0 spiro atoms. The zero-order chi connectivity index (χ0) is 26.5. The Hall–Kier alpha value is -2.88. The lowest BCUT2D eigenvalue weighted by atomic mass is 10.1. The highest BCUT2D eigenvalue weighted by Crippen LogP contribution is 2.27. The van der Waals surface area contributed by atoms with Gasteiger partial charge in [-0.2, -0.15) is 0 Å². The molecule has 2 aliphatic heterocycles. The summed E-state index contributed by atoms with van der Waals surface area (Å²) in [5.41, 5.74) is 2.39. The zero-order valence-corrected chi connectivity index (χ0v) is 23.1. The Bertz CT molecular complexity index is 1260. The van der Waals surface area contributed by atoms with E-state index in [0.717, 1.165) is 44.1 Å². The van der Waals surface area contributed by atoms with Crippen LogP contribution < -0.4 is 9.80 Å². The minimum Gasteiger partial charge on any atom is -0.366 e. The highest BCUT2D eigenvalue weighted by molar-refractivity contribution is 7.98. The summed E-state index contributed by atoms with van der Waals surface area (Å²) in [7, 11) is 0. The molecule has 0 unspecified atom stereocenters. The molecular formula is C28H32ClFN6OS. The van der Waals surface area contributed by atoms with E-state index in [2.05, 4.69) is 26.6 Å². The summed E-state index contributed by atoms with van der Waals surface area (Å²) in [5.74, 6) is 1.29. The van der Waals surface area contributed by atoms with Gasteiger partial charge in [0.25, 0.3) is 5.91 Å². The van der Waals surface area contributed by atoms with Crippen molar-refractivity contribution < 1.29 is 9.18 Å². The van der Waals surface area contributed by atoms with Crippen molar-refractivity contribution in [1.29, 1.82) is 0 Å². The molecular weight excluding hydrogens is 523 g/mol. The lowest BCUT2D eigenvalue weighted by Crippen LogP contribution is -2.48. The van der Waals surface area contributed by atoms with Crippen LogP contribution in [0.15, 0.2) is 59.8 Å². The minimum atomic E-state index is -0.199. The molecule has 1 aromatic heterocycles. The fraction of sp³-hybridized carbons (Fsp3) is 0.393. The highest BCUT2D eigenvalue weighted by Gasteiger charge is 2.23. The van der Waals surface area contributed by atoms with E-state index in [1.54, 1.807) is 12.1 Å². The molecule has 2 fully saturated rings. The number of carbonyl (C=O) groups excluding carboxylic acids is 1. The van der Waals surface area contributed by atoms with Crippen LogP contribution in [0.2, 0.25) is 5.15 Å². The second-order valence-corrected chi connectivity index (χ2v) is 10.8. The first kappa shape index (κ1) is 26.7. The number of amides is 1. The average molecular weight is 555 g/mol. The Labute approximate surface area is 232 Å². The lowest BCUT2D eigenvalue weighted by Gasteiger charge is -2.36. The maximum Gasteiger partial charge on any atom is 0.253 e. The van der Waals surface area contributed by atoms with E-state index in [9.17, 15) is 9.18 Å². The number of rotatable bonds is 7. The van der Waals surface area contributed by atoms with Crippen molar-refractivity contribution in [3.05, 3.63) is 76.7 Å². The Morgan fingerprint density at radius 2 is 1.66 bits per heavy atom. The van der Waals surface area contributed by atoms with E-state index in [1.807, 2.05) is 41.3 Å². The zero-order valence-electron chi connectivity index (χ0n) is 21.5. The highest BCUT2D eigenvalue weighted by atomic mass is 35.5. The summed E-state index contributed by atoms with van der Waals surface area (Å²) in [5, 5.41) is 0.987. The van der Waals surface area contributed by atoms with Crippen molar-refractivity contribution >= 4 is 40.8 Å². The average Bonchev–Trinajstić information content (AvgIpc) is 2.96. The molecule has 2 aliphatic rings. The number of nitrogens with zero attached hydrogens (tertiary/aromatic N) is 6. The van der Waals surface area contributed by atoms with Crippen LogP contribution >= 0.6 is 23.4 Å². The van der Waals surface area contributed by atoms with Gasteiger partial charge in [-0.1, -0.05) is 54.6 Å². The van der Waals surface area contributed by atoms with Crippen LogP contribution in [-0.4, -0.2) is 84.6 Å². The normalized spacial score (nSPS) is 16.7. The molecule has 0 radical (unpaired) electrons. The number of carbonyl (C=O) groups is 1. The molecule has 0 N–H and O–H groups in total. The molecule has 7 nitrogen and oxygen atoms in total. The van der Waals surface area contributed by atoms with Gasteiger partial charge in [0.2, 0.25) is 0 Å².